The van der Waals surface area contributed by atoms with Crippen LogP contribution in [0.1, 0.15) is 25.0 Å². The number of hydrogen-bond donors (Lipinski definition) is 4. The predicted octanol–water partition coefficient (Wildman–Crippen LogP) is 4.74. The molecule has 38 heavy (non-hydrogen) atoms. The fourth-order valence-corrected chi connectivity index (χ4v) is 4.03. The van der Waals surface area contributed by atoms with Crippen LogP contribution in [-0.2, 0) is 22.6 Å². The highest BCUT2D eigenvalue weighted by Crippen LogP contribution is 2.32. The number of carbonyl (C=O) groups excluding carboxylic acids is 2. The largest absolute Gasteiger partial charge is 0.508 e. The van der Waals surface area contributed by atoms with E-state index in [0.717, 1.165) is 16.8 Å². The molecule has 4 rings (SSSR count). The summed E-state index contributed by atoms with van der Waals surface area (Å²) in [5.74, 6) is -0.275. The molecule has 9 nitrogen and oxygen atoms in total. The Kier molecular flexibility index (Phi) is 7.96. The average Bonchev–Trinajstić information content (AvgIpc) is 3.43. The molecule has 0 unspecified atom stereocenters. The maximum absolute atomic E-state index is 12.7. The topological polar surface area (TPSA) is 126 Å². The van der Waals surface area contributed by atoms with Gasteiger partial charge in [-0.15, -0.1) is 0 Å². The van der Waals surface area contributed by atoms with Crippen LogP contribution in [0.15, 0.2) is 83.7 Å². The number of hydrogen-bond acceptors (Lipinski definition) is 7. The molecular weight excluding hydrogens is 484 g/mol. The van der Waals surface area contributed by atoms with Crippen LogP contribution in [0.3, 0.4) is 0 Å². The van der Waals surface area contributed by atoms with Crippen molar-refractivity contribution >= 4 is 23.2 Å². The van der Waals surface area contributed by atoms with Gasteiger partial charge in [0.1, 0.15) is 11.5 Å². The molecule has 0 saturated heterocycles. The highest BCUT2D eigenvalue weighted by molar-refractivity contribution is 6.39. The summed E-state index contributed by atoms with van der Waals surface area (Å²) in [6.07, 6.45) is 3.40. The lowest BCUT2D eigenvalue weighted by Crippen LogP contribution is -2.49. The third-order valence-corrected chi connectivity index (χ3v) is 5.89. The highest BCUT2D eigenvalue weighted by Gasteiger charge is 2.25. The van der Waals surface area contributed by atoms with E-state index in [0.29, 0.717) is 35.7 Å². The lowest BCUT2D eigenvalue weighted by molar-refractivity contribution is -0.137. The van der Waals surface area contributed by atoms with Gasteiger partial charge in [0.15, 0.2) is 12.2 Å². The van der Waals surface area contributed by atoms with Crippen molar-refractivity contribution in [1.82, 2.24) is 10.3 Å². The molecule has 4 aromatic rings. The molecule has 9 heteroatoms. The fraction of sp³-hybridized carbons (Fsp3) is 0.207. The molecule has 3 aromatic carbocycles. The number of methoxy groups -OCH3 is 1. The van der Waals surface area contributed by atoms with Crippen LogP contribution in [0.5, 0.6) is 11.5 Å². The van der Waals surface area contributed by atoms with Crippen LogP contribution in [-0.4, -0.2) is 34.6 Å². The van der Waals surface area contributed by atoms with Gasteiger partial charge in [0.2, 0.25) is 0 Å². The van der Waals surface area contributed by atoms with Crippen molar-refractivity contribution in [3.63, 3.8) is 0 Å². The Hall–Kier alpha value is -4.79. The van der Waals surface area contributed by atoms with Crippen LogP contribution in [0, 0.1) is 0 Å². The number of aromatic hydroxyl groups is 1. The van der Waals surface area contributed by atoms with Gasteiger partial charge in [0.05, 0.1) is 18.9 Å². The van der Waals surface area contributed by atoms with Crippen LogP contribution in [0.4, 0.5) is 11.4 Å². The molecule has 1 heterocycles. The average molecular weight is 515 g/mol. The van der Waals surface area contributed by atoms with Gasteiger partial charge in [0.25, 0.3) is 0 Å². The first kappa shape index (κ1) is 26.3. The first-order valence-corrected chi connectivity index (χ1v) is 12.0. The van der Waals surface area contributed by atoms with Gasteiger partial charge in [-0.2, -0.15) is 0 Å². The van der Waals surface area contributed by atoms with Crippen LogP contribution < -0.4 is 20.7 Å². The molecule has 1 aromatic heterocycles. The summed E-state index contributed by atoms with van der Waals surface area (Å²) < 4.78 is 10.7. The van der Waals surface area contributed by atoms with Crippen molar-refractivity contribution in [3.8, 4) is 22.8 Å². The Morgan fingerprint density at radius 2 is 1.74 bits per heavy atom. The number of phenols is 1. The number of amides is 2. The van der Waals surface area contributed by atoms with E-state index < -0.39 is 17.4 Å². The van der Waals surface area contributed by atoms with Crippen molar-refractivity contribution in [1.29, 1.82) is 0 Å². The molecule has 0 atom stereocenters. The van der Waals surface area contributed by atoms with E-state index >= 15 is 0 Å². The van der Waals surface area contributed by atoms with E-state index in [1.165, 1.54) is 13.5 Å². The Balaban J connectivity index is 1.31. The predicted molar refractivity (Wildman–Crippen MR) is 145 cm³/mol. The van der Waals surface area contributed by atoms with Crippen molar-refractivity contribution in [2.24, 2.45) is 0 Å². The number of anilines is 2. The Labute approximate surface area is 220 Å². The molecule has 0 aliphatic heterocycles. The Morgan fingerprint density at radius 3 is 2.42 bits per heavy atom. The standard InChI is InChI=1S/C29H30N4O5/c1-29(2,15-19-8-10-21(11-9-19)31-16-20-6-4-5-7-24(20)34)33-28(36)27(35)32-22-12-13-23(25(14-22)37-3)26-17-30-18-38-26/h4-14,17-18,31,34H,15-16H2,1-3H3,(H,32,35)(H,33,36). The molecule has 0 aliphatic rings. The number of para-hydroxylation sites is 1. The SMILES string of the molecule is COc1cc(NC(=O)C(=O)NC(C)(C)Cc2ccc(NCc3ccccc3O)cc2)ccc1-c1cnco1. The number of oxazole rings is 1. The molecule has 0 bridgehead atoms. The van der Waals surface area contributed by atoms with E-state index in [1.54, 1.807) is 36.5 Å². The summed E-state index contributed by atoms with van der Waals surface area (Å²) >= 11 is 0. The van der Waals surface area contributed by atoms with E-state index in [1.807, 2.05) is 50.2 Å². The third kappa shape index (κ3) is 6.70. The number of phenolic OH excluding ortho intramolecular Hbond substituents is 1. The minimum atomic E-state index is -0.781. The minimum Gasteiger partial charge on any atom is -0.508 e. The van der Waals surface area contributed by atoms with Crippen molar-refractivity contribution in [3.05, 3.63) is 90.4 Å². The third-order valence-electron chi connectivity index (χ3n) is 5.89. The maximum Gasteiger partial charge on any atom is 0.313 e. The second kappa shape index (κ2) is 11.5. The fourth-order valence-electron chi connectivity index (χ4n) is 4.03. The number of aromatic nitrogens is 1. The molecule has 196 valence electrons. The Bertz CT molecular complexity index is 1400. The van der Waals surface area contributed by atoms with Crippen LogP contribution >= 0.6 is 0 Å². The lowest BCUT2D eigenvalue weighted by atomic mass is 9.94. The van der Waals surface area contributed by atoms with Crippen molar-refractivity contribution < 1.29 is 23.8 Å². The highest BCUT2D eigenvalue weighted by atomic mass is 16.5. The summed E-state index contributed by atoms with van der Waals surface area (Å²) in [6.45, 7) is 4.22. The minimum absolute atomic E-state index is 0.251. The van der Waals surface area contributed by atoms with Gasteiger partial charge >= 0.3 is 11.8 Å². The number of nitrogens with one attached hydrogen (secondary N) is 3. The summed E-state index contributed by atoms with van der Waals surface area (Å²) in [7, 11) is 1.51. The monoisotopic (exact) mass is 514 g/mol. The van der Waals surface area contributed by atoms with Crippen LogP contribution in [0.25, 0.3) is 11.3 Å². The molecule has 2 amide bonds. The Morgan fingerprint density at radius 1 is 1.00 bits per heavy atom. The number of carbonyl (C=O) groups is 2. The first-order chi connectivity index (χ1) is 18.2. The molecule has 0 aliphatic carbocycles. The van der Waals surface area contributed by atoms with Gasteiger partial charge in [-0.05, 0) is 56.2 Å². The van der Waals surface area contributed by atoms with Crippen LogP contribution in [0.2, 0.25) is 0 Å². The molecule has 0 spiro atoms. The second-order valence-electron chi connectivity index (χ2n) is 9.43. The molecular formula is C29H30N4O5. The van der Waals surface area contributed by atoms with Gasteiger partial charge in [0, 0.05) is 35.1 Å². The summed E-state index contributed by atoms with van der Waals surface area (Å²) in [5.41, 5.74) is 3.12. The molecule has 0 radical (unpaired) electrons. The second-order valence-corrected chi connectivity index (χ2v) is 9.43. The smallest absolute Gasteiger partial charge is 0.313 e. The normalized spacial score (nSPS) is 11.0. The van der Waals surface area contributed by atoms with Gasteiger partial charge in [-0.3, -0.25) is 9.59 Å². The quantitative estimate of drug-likeness (QED) is 0.238. The van der Waals surface area contributed by atoms with Crippen molar-refractivity contribution in [2.75, 3.05) is 17.7 Å². The van der Waals surface area contributed by atoms with Gasteiger partial charge < -0.3 is 30.2 Å². The number of nitrogens with zero attached hydrogens (tertiary/aromatic N) is 1. The summed E-state index contributed by atoms with van der Waals surface area (Å²) in [5, 5.41) is 18.6. The maximum atomic E-state index is 12.7. The van der Waals surface area contributed by atoms with Crippen molar-refractivity contribution in [2.45, 2.75) is 32.4 Å². The summed E-state index contributed by atoms with van der Waals surface area (Å²) in [6, 6.07) is 20.0. The number of rotatable bonds is 9. The zero-order valence-electron chi connectivity index (χ0n) is 21.4. The molecule has 4 N–H and O–H groups in total. The van der Waals surface area contributed by atoms with E-state index in [-0.39, 0.29) is 5.75 Å². The zero-order chi connectivity index (χ0) is 27.1. The van der Waals surface area contributed by atoms with Gasteiger partial charge in [-0.1, -0.05) is 30.3 Å². The number of benzene rings is 3. The van der Waals surface area contributed by atoms with E-state index in [4.69, 9.17) is 9.15 Å². The first-order valence-electron chi connectivity index (χ1n) is 12.0. The molecule has 0 saturated carbocycles. The lowest BCUT2D eigenvalue weighted by Gasteiger charge is -2.26. The number of ether oxygens (including phenoxy) is 1. The molecule has 0 fully saturated rings. The zero-order valence-corrected chi connectivity index (χ0v) is 21.4. The summed E-state index contributed by atoms with van der Waals surface area (Å²) in [4.78, 5) is 29.2. The van der Waals surface area contributed by atoms with E-state index in [2.05, 4.69) is 20.9 Å². The van der Waals surface area contributed by atoms with Gasteiger partial charge in [-0.25, -0.2) is 4.98 Å². The van der Waals surface area contributed by atoms with E-state index in [9.17, 15) is 14.7 Å².